The Kier molecular flexibility index (Phi) is 2.87. The van der Waals surface area contributed by atoms with Gasteiger partial charge in [0.1, 0.15) is 0 Å². The quantitative estimate of drug-likeness (QED) is 0.707. The summed E-state index contributed by atoms with van der Waals surface area (Å²) in [5.41, 5.74) is 2.91. The third-order valence-corrected chi connectivity index (χ3v) is 3.18. The standard InChI is InChI=1S/C13H9ClN4O2/c1-6-2-3-8-7(5-15-18-8)11(6)9-4-10(12(19)20)17-13(14)16-9/h2-5H,1H3,(H,15,18)(H,19,20). The number of carbonyl (C=O) groups is 1. The molecule has 2 N–H and O–H groups in total. The molecule has 0 saturated heterocycles. The molecule has 3 rings (SSSR count). The number of fused-ring (bicyclic) bond motifs is 1. The van der Waals surface area contributed by atoms with Gasteiger partial charge in [-0.25, -0.2) is 14.8 Å². The number of halogens is 1. The Balaban J connectivity index is 2.33. The van der Waals surface area contributed by atoms with Crippen molar-refractivity contribution in [3.8, 4) is 11.3 Å². The third-order valence-electron chi connectivity index (χ3n) is 3.01. The number of H-pyrrole nitrogens is 1. The molecule has 0 bridgehead atoms. The molecule has 0 aliphatic carbocycles. The molecule has 7 heteroatoms. The predicted octanol–water partition coefficient (Wildman–Crippen LogP) is 2.68. The molecule has 0 unspecified atom stereocenters. The van der Waals surface area contributed by atoms with E-state index in [0.717, 1.165) is 22.0 Å². The van der Waals surface area contributed by atoms with Crippen molar-refractivity contribution in [3.05, 3.63) is 40.9 Å². The van der Waals surface area contributed by atoms with Gasteiger partial charge in [-0.1, -0.05) is 6.07 Å². The highest BCUT2D eigenvalue weighted by atomic mass is 35.5. The van der Waals surface area contributed by atoms with Crippen molar-refractivity contribution in [1.29, 1.82) is 0 Å². The summed E-state index contributed by atoms with van der Waals surface area (Å²) in [6, 6.07) is 5.22. The van der Waals surface area contributed by atoms with E-state index >= 15 is 0 Å². The maximum absolute atomic E-state index is 11.1. The van der Waals surface area contributed by atoms with Gasteiger partial charge in [-0.05, 0) is 36.2 Å². The van der Waals surface area contributed by atoms with Gasteiger partial charge in [0.25, 0.3) is 0 Å². The van der Waals surface area contributed by atoms with Crippen molar-refractivity contribution in [2.24, 2.45) is 0 Å². The number of carboxylic acid groups (broad SMARTS) is 1. The van der Waals surface area contributed by atoms with Crippen LogP contribution in [0, 0.1) is 6.92 Å². The van der Waals surface area contributed by atoms with Crippen molar-refractivity contribution in [2.75, 3.05) is 0 Å². The minimum atomic E-state index is -1.15. The lowest BCUT2D eigenvalue weighted by Gasteiger charge is -2.07. The lowest BCUT2D eigenvalue weighted by molar-refractivity contribution is 0.0690. The first kappa shape index (κ1) is 12.6. The van der Waals surface area contributed by atoms with Crippen LogP contribution in [0.15, 0.2) is 24.4 Å². The third kappa shape index (κ3) is 2.00. The van der Waals surface area contributed by atoms with Crippen LogP contribution >= 0.6 is 11.6 Å². The zero-order chi connectivity index (χ0) is 14.3. The molecule has 2 heterocycles. The van der Waals surface area contributed by atoms with Gasteiger partial charge in [-0.15, -0.1) is 0 Å². The maximum Gasteiger partial charge on any atom is 0.354 e. The molecule has 0 aliphatic heterocycles. The maximum atomic E-state index is 11.1. The molecule has 0 amide bonds. The number of aromatic amines is 1. The zero-order valence-corrected chi connectivity index (χ0v) is 11.1. The molecule has 0 atom stereocenters. The molecule has 2 aromatic heterocycles. The number of carboxylic acids is 1. The molecule has 0 saturated carbocycles. The van der Waals surface area contributed by atoms with Gasteiger partial charge >= 0.3 is 5.97 Å². The minimum Gasteiger partial charge on any atom is -0.477 e. The van der Waals surface area contributed by atoms with Crippen LogP contribution in [0.1, 0.15) is 16.1 Å². The fourth-order valence-electron chi connectivity index (χ4n) is 2.12. The van der Waals surface area contributed by atoms with Crippen LogP contribution in [0.25, 0.3) is 22.2 Å². The highest BCUT2D eigenvalue weighted by Gasteiger charge is 2.15. The number of aromatic carboxylic acids is 1. The van der Waals surface area contributed by atoms with Gasteiger partial charge in [-0.3, -0.25) is 5.10 Å². The van der Waals surface area contributed by atoms with Crippen LogP contribution in [0.4, 0.5) is 0 Å². The SMILES string of the molecule is Cc1ccc2[nH]ncc2c1-c1cc(C(=O)O)nc(Cl)n1. The van der Waals surface area contributed by atoms with Gasteiger partial charge < -0.3 is 5.11 Å². The summed E-state index contributed by atoms with van der Waals surface area (Å²) in [7, 11) is 0. The number of nitrogens with zero attached hydrogens (tertiary/aromatic N) is 3. The Morgan fingerprint density at radius 3 is 2.90 bits per heavy atom. The van der Waals surface area contributed by atoms with Crippen LogP contribution in [-0.2, 0) is 0 Å². The minimum absolute atomic E-state index is 0.0974. The van der Waals surface area contributed by atoms with E-state index in [9.17, 15) is 4.79 Å². The van der Waals surface area contributed by atoms with Crippen LogP contribution in [0.5, 0.6) is 0 Å². The molecular formula is C13H9ClN4O2. The molecule has 1 aromatic carbocycles. The van der Waals surface area contributed by atoms with Gasteiger partial charge in [-0.2, -0.15) is 5.10 Å². The second kappa shape index (κ2) is 4.57. The predicted molar refractivity (Wildman–Crippen MR) is 73.8 cm³/mol. The molecular weight excluding hydrogens is 280 g/mol. The number of hydrogen-bond acceptors (Lipinski definition) is 4. The molecule has 0 fully saturated rings. The summed E-state index contributed by atoms with van der Waals surface area (Å²) in [5, 5.41) is 16.7. The van der Waals surface area contributed by atoms with E-state index in [1.165, 1.54) is 6.07 Å². The Hall–Kier alpha value is -2.47. The fraction of sp³-hybridized carbons (Fsp3) is 0.0769. The summed E-state index contributed by atoms with van der Waals surface area (Å²) in [4.78, 5) is 18.9. The van der Waals surface area contributed by atoms with Gasteiger partial charge in [0.2, 0.25) is 5.28 Å². The summed E-state index contributed by atoms with van der Waals surface area (Å²) in [6.07, 6.45) is 1.67. The topological polar surface area (TPSA) is 91.8 Å². The van der Waals surface area contributed by atoms with E-state index in [2.05, 4.69) is 20.2 Å². The molecule has 6 nitrogen and oxygen atoms in total. The van der Waals surface area contributed by atoms with E-state index in [0.29, 0.717) is 5.69 Å². The van der Waals surface area contributed by atoms with Crippen LogP contribution in [-0.4, -0.2) is 31.2 Å². The zero-order valence-electron chi connectivity index (χ0n) is 10.4. The average Bonchev–Trinajstić information content (AvgIpc) is 2.85. The summed E-state index contributed by atoms with van der Waals surface area (Å²) < 4.78 is 0. The first-order valence-corrected chi connectivity index (χ1v) is 6.15. The van der Waals surface area contributed by atoms with E-state index < -0.39 is 5.97 Å². The molecule has 100 valence electrons. The largest absolute Gasteiger partial charge is 0.477 e. The van der Waals surface area contributed by atoms with Gasteiger partial charge in [0.05, 0.1) is 17.4 Å². The number of aryl methyl sites for hydroxylation is 1. The van der Waals surface area contributed by atoms with E-state index in [1.54, 1.807) is 6.20 Å². The normalized spacial score (nSPS) is 10.9. The van der Waals surface area contributed by atoms with Crippen LogP contribution < -0.4 is 0 Å². The van der Waals surface area contributed by atoms with E-state index in [-0.39, 0.29) is 11.0 Å². The molecule has 3 aromatic rings. The first-order chi connectivity index (χ1) is 9.56. The summed E-state index contributed by atoms with van der Waals surface area (Å²) in [6.45, 7) is 1.91. The Morgan fingerprint density at radius 1 is 1.35 bits per heavy atom. The summed E-state index contributed by atoms with van der Waals surface area (Å²) in [5.74, 6) is -1.15. The van der Waals surface area contributed by atoms with Crippen molar-refractivity contribution in [3.63, 3.8) is 0 Å². The van der Waals surface area contributed by atoms with E-state index in [1.807, 2.05) is 19.1 Å². The Bertz CT molecular complexity index is 828. The lowest BCUT2D eigenvalue weighted by atomic mass is 10.0. The van der Waals surface area contributed by atoms with Gasteiger partial charge in [0, 0.05) is 10.9 Å². The smallest absolute Gasteiger partial charge is 0.354 e. The highest BCUT2D eigenvalue weighted by molar-refractivity contribution is 6.28. The Morgan fingerprint density at radius 2 is 2.15 bits per heavy atom. The number of hydrogen-bond donors (Lipinski definition) is 2. The number of benzene rings is 1. The molecule has 20 heavy (non-hydrogen) atoms. The van der Waals surface area contributed by atoms with Crippen LogP contribution in [0.2, 0.25) is 5.28 Å². The fourth-order valence-corrected chi connectivity index (χ4v) is 2.30. The molecule has 0 aliphatic rings. The van der Waals surface area contributed by atoms with Gasteiger partial charge in [0.15, 0.2) is 5.69 Å². The van der Waals surface area contributed by atoms with Crippen LogP contribution in [0.3, 0.4) is 0 Å². The second-order valence-corrected chi connectivity index (χ2v) is 4.64. The molecule has 0 radical (unpaired) electrons. The molecule has 0 spiro atoms. The lowest BCUT2D eigenvalue weighted by Crippen LogP contribution is -2.03. The average molecular weight is 289 g/mol. The van der Waals surface area contributed by atoms with Crippen molar-refractivity contribution < 1.29 is 9.90 Å². The summed E-state index contributed by atoms with van der Waals surface area (Å²) >= 11 is 5.81. The highest BCUT2D eigenvalue weighted by Crippen LogP contribution is 2.30. The number of rotatable bonds is 2. The first-order valence-electron chi connectivity index (χ1n) is 5.77. The van der Waals surface area contributed by atoms with E-state index in [4.69, 9.17) is 16.7 Å². The Labute approximate surface area is 118 Å². The monoisotopic (exact) mass is 288 g/mol. The van der Waals surface area contributed by atoms with Crippen molar-refractivity contribution in [1.82, 2.24) is 20.2 Å². The van der Waals surface area contributed by atoms with Crippen molar-refractivity contribution >= 4 is 28.5 Å². The number of aromatic nitrogens is 4. The van der Waals surface area contributed by atoms with Crippen molar-refractivity contribution in [2.45, 2.75) is 6.92 Å². The second-order valence-electron chi connectivity index (χ2n) is 4.30. The number of nitrogens with one attached hydrogen (secondary N) is 1.